The number of hydrogen-bond acceptors (Lipinski definition) is 9. The number of hydrogen-bond donors (Lipinski definition) is 2. The van der Waals surface area contributed by atoms with Gasteiger partial charge in [-0.25, -0.2) is 9.59 Å². The number of anilines is 1. The second-order valence-corrected chi connectivity index (χ2v) is 9.61. The van der Waals surface area contributed by atoms with Gasteiger partial charge < -0.3 is 29.3 Å². The molecule has 0 radical (unpaired) electrons. The van der Waals surface area contributed by atoms with Crippen molar-refractivity contribution >= 4 is 29.4 Å². The molecular weight excluding hydrogens is 522 g/mol. The number of carboxylic acid groups (broad SMARTS) is 2. The van der Waals surface area contributed by atoms with Crippen LogP contribution < -0.4 is 9.64 Å². The lowest BCUT2D eigenvalue weighted by atomic mass is 10.1. The van der Waals surface area contributed by atoms with Crippen molar-refractivity contribution in [3.8, 4) is 5.75 Å². The van der Waals surface area contributed by atoms with Crippen LogP contribution in [0, 0.1) is 0 Å². The topological polar surface area (TPSA) is 146 Å². The summed E-state index contributed by atoms with van der Waals surface area (Å²) in [4.78, 5) is 48.8. The Kier molecular flexibility index (Phi) is 9.35. The Labute approximate surface area is 231 Å². The third kappa shape index (κ3) is 6.76. The van der Waals surface area contributed by atoms with Gasteiger partial charge in [0.15, 0.2) is 0 Å². The quantitative estimate of drug-likeness (QED) is 0.377. The van der Waals surface area contributed by atoms with E-state index in [1.165, 1.54) is 4.90 Å². The third-order valence-corrected chi connectivity index (χ3v) is 7.04. The molecule has 12 nitrogen and oxygen atoms in total. The van der Waals surface area contributed by atoms with Crippen LogP contribution in [-0.4, -0.2) is 103 Å². The molecule has 5 rings (SSSR count). The number of methoxy groups -OCH3 is 1. The number of rotatable bonds is 7. The van der Waals surface area contributed by atoms with Crippen LogP contribution in [-0.2, 0) is 34.4 Å². The smallest absolute Gasteiger partial charge is 0.414 e. The minimum Gasteiger partial charge on any atom is -0.495 e. The van der Waals surface area contributed by atoms with Gasteiger partial charge in [0.05, 0.1) is 32.1 Å². The van der Waals surface area contributed by atoms with Gasteiger partial charge in [-0.05, 0) is 12.1 Å². The number of carboxylic acids is 2. The van der Waals surface area contributed by atoms with Crippen LogP contribution in [0.5, 0.6) is 5.75 Å². The van der Waals surface area contributed by atoms with E-state index in [4.69, 9.17) is 34.0 Å². The van der Waals surface area contributed by atoms with Crippen molar-refractivity contribution in [3.63, 3.8) is 0 Å². The zero-order chi connectivity index (χ0) is 28.7. The molecule has 40 heavy (non-hydrogen) atoms. The van der Waals surface area contributed by atoms with Crippen molar-refractivity contribution in [2.75, 3.05) is 57.9 Å². The molecule has 3 saturated heterocycles. The van der Waals surface area contributed by atoms with Gasteiger partial charge in [-0.15, -0.1) is 0 Å². The Bertz CT molecular complexity index is 1190. The first-order valence-corrected chi connectivity index (χ1v) is 13.0. The molecule has 214 valence electrons. The van der Waals surface area contributed by atoms with Gasteiger partial charge >= 0.3 is 11.9 Å². The maximum atomic E-state index is 12.3. The second-order valence-electron chi connectivity index (χ2n) is 9.61. The molecular formula is C28H33N3O9. The molecule has 0 spiro atoms. The lowest BCUT2D eigenvalue weighted by molar-refractivity contribution is -0.193. The Morgan fingerprint density at radius 1 is 0.925 bits per heavy atom. The molecule has 0 saturated carbocycles. The lowest BCUT2D eigenvalue weighted by Crippen LogP contribution is -2.49. The number of benzene rings is 2. The van der Waals surface area contributed by atoms with Crippen LogP contribution in [0.15, 0.2) is 54.6 Å². The normalized spacial score (nSPS) is 23.1. The first kappa shape index (κ1) is 29.0. The number of imide groups is 1. The highest BCUT2D eigenvalue weighted by Crippen LogP contribution is 2.37. The van der Waals surface area contributed by atoms with Gasteiger partial charge in [0.2, 0.25) is 17.6 Å². The minimum absolute atomic E-state index is 0.0900. The molecule has 3 aliphatic heterocycles. The molecule has 0 aliphatic carbocycles. The van der Waals surface area contributed by atoms with Crippen LogP contribution in [0.25, 0.3) is 0 Å². The average Bonchev–Trinajstić information content (AvgIpc) is 3.53. The van der Waals surface area contributed by atoms with E-state index in [0.717, 1.165) is 49.7 Å². The predicted octanol–water partition coefficient (Wildman–Crippen LogP) is 1.39. The Morgan fingerprint density at radius 2 is 1.52 bits per heavy atom. The fraction of sp³-hybridized carbons (Fsp3) is 0.429. The average molecular weight is 556 g/mol. The maximum absolute atomic E-state index is 12.3. The van der Waals surface area contributed by atoms with Crippen molar-refractivity contribution in [2.24, 2.45) is 0 Å². The molecule has 0 bridgehead atoms. The van der Waals surface area contributed by atoms with Gasteiger partial charge in [0, 0.05) is 51.1 Å². The first-order valence-electron chi connectivity index (χ1n) is 13.0. The minimum atomic E-state index is -1.82. The Balaban J connectivity index is 0.000000557. The zero-order valence-electron chi connectivity index (χ0n) is 22.2. The molecule has 2 N–H and O–H groups in total. The Hall–Kier alpha value is -4.00. The van der Waals surface area contributed by atoms with Gasteiger partial charge in [-0.1, -0.05) is 42.5 Å². The predicted molar refractivity (Wildman–Crippen MR) is 142 cm³/mol. The van der Waals surface area contributed by atoms with Gasteiger partial charge in [0.1, 0.15) is 5.75 Å². The molecule has 3 heterocycles. The third-order valence-electron chi connectivity index (χ3n) is 7.04. The van der Waals surface area contributed by atoms with Crippen LogP contribution in [0.2, 0.25) is 0 Å². The van der Waals surface area contributed by atoms with E-state index in [9.17, 15) is 9.59 Å². The number of para-hydroxylation sites is 2. The largest absolute Gasteiger partial charge is 0.495 e. The summed E-state index contributed by atoms with van der Waals surface area (Å²) in [7, 11) is 1.70. The monoisotopic (exact) mass is 555 g/mol. The van der Waals surface area contributed by atoms with E-state index >= 15 is 0 Å². The summed E-state index contributed by atoms with van der Waals surface area (Å²) >= 11 is 0. The molecule has 2 aromatic rings. The van der Waals surface area contributed by atoms with Crippen molar-refractivity contribution in [3.05, 3.63) is 60.2 Å². The molecule has 3 aliphatic rings. The van der Waals surface area contributed by atoms with E-state index < -0.39 is 17.7 Å². The van der Waals surface area contributed by atoms with Crippen LogP contribution in [0.1, 0.15) is 18.4 Å². The molecule has 2 atom stereocenters. The number of likely N-dealkylation sites (tertiary alicyclic amines) is 1. The highest BCUT2D eigenvalue weighted by atomic mass is 16.7. The van der Waals surface area contributed by atoms with Crippen molar-refractivity contribution in [1.82, 2.24) is 9.80 Å². The highest BCUT2D eigenvalue weighted by molar-refractivity contribution is 6.27. The molecule has 3 fully saturated rings. The lowest BCUT2D eigenvalue weighted by Gasteiger charge is -2.37. The fourth-order valence-electron chi connectivity index (χ4n) is 5.03. The highest BCUT2D eigenvalue weighted by Gasteiger charge is 2.48. The summed E-state index contributed by atoms with van der Waals surface area (Å²) in [5, 5.41) is 14.8. The first-order chi connectivity index (χ1) is 19.2. The van der Waals surface area contributed by atoms with Crippen LogP contribution in [0.4, 0.5) is 5.69 Å². The molecule has 2 aromatic carbocycles. The van der Waals surface area contributed by atoms with Gasteiger partial charge in [-0.2, -0.15) is 0 Å². The number of piperazine rings is 1. The summed E-state index contributed by atoms with van der Waals surface area (Å²) in [6.07, 6.45) is 0.360. The van der Waals surface area contributed by atoms with Crippen molar-refractivity contribution < 1.29 is 43.6 Å². The summed E-state index contributed by atoms with van der Waals surface area (Å²) in [6, 6.07) is 17.7. The Morgan fingerprint density at radius 3 is 2.12 bits per heavy atom. The summed E-state index contributed by atoms with van der Waals surface area (Å²) in [6.45, 7) is 4.84. The van der Waals surface area contributed by atoms with E-state index in [2.05, 4.69) is 15.9 Å². The van der Waals surface area contributed by atoms with E-state index in [1.807, 2.05) is 48.5 Å². The van der Waals surface area contributed by atoms with Crippen molar-refractivity contribution in [1.29, 1.82) is 0 Å². The zero-order valence-corrected chi connectivity index (χ0v) is 22.2. The molecule has 12 heteroatoms. The number of aliphatic carboxylic acids is 2. The summed E-state index contributed by atoms with van der Waals surface area (Å²) < 4.78 is 18.3. The fourth-order valence-corrected chi connectivity index (χ4v) is 5.03. The summed E-state index contributed by atoms with van der Waals surface area (Å²) in [5.41, 5.74) is 1.94. The van der Waals surface area contributed by atoms with E-state index in [-0.39, 0.29) is 37.3 Å². The maximum Gasteiger partial charge on any atom is 0.414 e. The molecule has 0 aromatic heterocycles. The number of nitrogens with zero attached hydrogens (tertiary/aromatic N) is 3. The SMILES string of the molecule is COc1ccccc1N1CCN(C[C@H]2CO[C@@](CN3C(=O)CCC3=O)(c3ccccc3)O2)CC1.O=C(O)C(=O)O. The standard InChI is InChI=1S/C26H31N3O5.C2H2O4/c1-32-23-10-6-5-9-22(23)28-15-13-27(14-16-28)17-21-18-33-26(34-21,20-7-3-2-4-8-20)19-29-24(30)11-12-25(29)31;3-1(4)2(5)6/h2-10,21H,11-19H2,1H3;(H,3,4)(H,5,6)/t21-,26+;/m0./s1. The summed E-state index contributed by atoms with van der Waals surface area (Å²) in [5.74, 6) is -4.21. The van der Waals surface area contributed by atoms with E-state index in [0.29, 0.717) is 6.61 Å². The second kappa shape index (κ2) is 12.9. The number of carbonyl (C=O) groups excluding carboxylic acids is 2. The molecule has 2 amide bonds. The van der Waals surface area contributed by atoms with Crippen molar-refractivity contribution in [2.45, 2.75) is 24.7 Å². The number of carbonyl (C=O) groups is 4. The van der Waals surface area contributed by atoms with Gasteiger partial charge in [-0.3, -0.25) is 19.4 Å². The van der Waals surface area contributed by atoms with Gasteiger partial charge in [0.25, 0.3) is 0 Å². The number of amides is 2. The molecule has 0 unspecified atom stereocenters. The van der Waals surface area contributed by atoms with Crippen LogP contribution >= 0.6 is 0 Å². The number of ether oxygens (including phenoxy) is 3. The van der Waals surface area contributed by atoms with Crippen LogP contribution in [0.3, 0.4) is 0 Å². The van der Waals surface area contributed by atoms with E-state index in [1.54, 1.807) is 7.11 Å².